The Hall–Kier alpha value is -0.280. The Morgan fingerprint density at radius 3 is 2.77 bits per heavy atom. The first kappa shape index (κ1) is 10.8. The summed E-state index contributed by atoms with van der Waals surface area (Å²) >= 11 is 5.98. The van der Waals surface area contributed by atoms with Gasteiger partial charge in [0, 0.05) is 16.4 Å². The van der Waals surface area contributed by atoms with E-state index in [1.54, 1.807) is 11.8 Å². The second kappa shape index (κ2) is 5.45. The van der Waals surface area contributed by atoms with Gasteiger partial charge in [-0.05, 0) is 13.3 Å². The van der Waals surface area contributed by atoms with Crippen molar-refractivity contribution < 1.29 is 0 Å². The van der Waals surface area contributed by atoms with E-state index in [1.165, 1.54) is 15.6 Å². The molecule has 1 N–H and O–H groups in total. The molecule has 0 aromatic carbocycles. The van der Waals surface area contributed by atoms with Crippen molar-refractivity contribution in [2.75, 3.05) is 5.75 Å². The average molecular weight is 213 g/mol. The zero-order valence-electron chi connectivity index (χ0n) is 8.00. The molecule has 1 saturated heterocycles. The smallest absolute Gasteiger partial charge is 0.0731 e. The molecular formula is C10H15NS2. The van der Waals surface area contributed by atoms with Crippen molar-refractivity contribution in [1.29, 1.82) is 0 Å². The fourth-order valence-corrected chi connectivity index (χ4v) is 2.30. The van der Waals surface area contributed by atoms with Crippen molar-refractivity contribution in [3.8, 4) is 0 Å². The van der Waals surface area contributed by atoms with Crippen LogP contribution in [0.2, 0.25) is 0 Å². The summed E-state index contributed by atoms with van der Waals surface area (Å²) in [6.45, 7) is 4.20. The minimum atomic E-state index is 0.779. The summed E-state index contributed by atoms with van der Waals surface area (Å²) < 4.78 is 0. The average Bonchev–Trinajstić information content (AvgIpc) is 2.50. The highest BCUT2D eigenvalue weighted by Crippen LogP contribution is 2.36. The SMILES string of the molecule is C/C=C1/NC(=C/CS)/C(=C\CC)S1. The van der Waals surface area contributed by atoms with Crippen molar-refractivity contribution in [2.24, 2.45) is 0 Å². The molecule has 0 atom stereocenters. The molecule has 1 rings (SSSR count). The van der Waals surface area contributed by atoms with Crippen LogP contribution in [0.15, 0.2) is 33.9 Å². The molecule has 1 heterocycles. The molecule has 0 unspecified atom stereocenters. The summed E-state index contributed by atoms with van der Waals surface area (Å²) in [4.78, 5) is 1.32. The van der Waals surface area contributed by atoms with Gasteiger partial charge >= 0.3 is 0 Å². The minimum absolute atomic E-state index is 0.779. The summed E-state index contributed by atoms with van der Waals surface area (Å²) in [5.74, 6) is 0.779. The van der Waals surface area contributed by atoms with E-state index >= 15 is 0 Å². The maximum atomic E-state index is 4.19. The fourth-order valence-electron chi connectivity index (χ4n) is 1.10. The van der Waals surface area contributed by atoms with Crippen LogP contribution in [0.3, 0.4) is 0 Å². The number of nitrogens with one attached hydrogen (secondary N) is 1. The zero-order chi connectivity index (χ0) is 9.68. The highest BCUT2D eigenvalue weighted by molar-refractivity contribution is 8.07. The molecule has 1 aliphatic rings. The number of hydrogen-bond donors (Lipinski definition) is 2. The summed E-state index contributed by atoms with van der Waals surface area (Å²) in [5, 5.41) is 4.56. The molecule has 72 valence electrons. The molecule has 0 aromatic rings. The summed E-state index contributed by atoms with van der Waals surface area (Å²) in [6, 6.07) is 0. The van der Waals surface area contributed by atoms with Crippen molar-refractivity contribution >= 4 is 24.4 Å². The lowest BCUT2D eigenvalue weighted by Gasteiger charge is -1.97. The molecule has 0 aromatic heterocycles. The van der Waals surface area contributed by atoms with Crippen LogP contribution in [0, 0.1) is 0 Å². The van der Waals surface area contributed by atoms with Gasteiger partial charge in [0.15, 0.2) is 0 Å². The first-order valence-electron chi connectivity index (χ1n) is 4.44. The second-order valence-corrected chi connectivity index (χ2v) is 4.11. The zero-order valence-corrected chi connectivity index (χ0v) is 9.71. The van der Waals surface area contributed by atoms with Gasteiger partial charge in [0.25, 0.3) is 0 Å². The van der Waals surface area contributed by atoms with Crippen LogP contribution in [0.25, 0.3) is 0 Å². The van der Waals surface area contributed by atoms with E-state index in [0.29, 0.717) is 0 Å². The van der Waals surface area contributed by atoms with Crippen molar-refractivity contribution in [3.63, 3.8) is 0 Å². The second-order valence-electron chi connectivity index (χ2n) is 2.66. The normalized spacial score (nSPS) is 25.9. The van der Waals surface area contributed by atoms with Crippen molar-refractivity contribution in [3.05, 3.63) is 33.9 Å². The first-order valence-corrected chi connectivity index (χ1v) is 5.89. The molecule has 0 amide bonds. The van der Waals surface area contributed by atoms with Crippen molar-refractivity contribution in [1.82, 2.24) is 5.32 Å². The van der Waals surface area contributed by atoms with Gasteiger partial charge in [-0.2, -0.15) is 12.6 Å². The molecule has 0 radical (unpaired) electrons. The maximum Gasteiger partial charge on any atom is 0.0731 e. The molecule has 13 heavy (non-hydrogen) atoms. The van der Waals surface area contributed by atoms with E-state index in [2.05, 4.69) is 43.1 Å². The molecule has 3 heteroatoms. The van der Waals surface area contributed by atoms with Gasteiger partial charge in [-0.1, -0.05) is 36.9 Å². The summed E-state index contributed by atoms with van der Waals surface area (Å²) in [7, 11) is 0. The predicted molar refractivity (Wildman–Crippen MR) is 64.8 cm³/mol. The number of hydrogen-bond acceptors (Lipinski definition) is 3. The quantitative estimate of drug-likeness (QED) is 0.683. The van der Waals surface area contributed by atoms with Gasteiger partial charge in [-0.3, -0.25) is 0 Å². The number of thiol groups is 1. The lowest BCUT2D eigenvalue weighted by Crippen LogP contribution is -2.02. The van der Waals surface area contributed by atoms with Gasteiger partial charge in [0.1, 0.15) is 0 Å². The van der Waals surface area contributed by atoms with Crippen LogP contribution in [0.1, 0.15) is 20.3 Å². The van der Waals surface area contributed by atoms with Crippen LogP contribution in [-0.2, 0) is 0 Å². The molecule has 1 nitrogen and oxygen atoms in total. The van der Waals surface area contributed by atoms with Gasteiger partial charge in [-0.25, -0.2) is 0 Å². The third-order valence-corrected chi connectivity index (χ3v) is 3.04. The molecule has 1 fully saturated rings. The van der Waals surface area contributed by atoms with Gasteiger partial charge in [0.2, 0.25) is 0 Å². The Morgan fingerprint density at radius 1 is 1.46 bits per heavy atom. The van der Waals surface area contributed by atoms with Gasteiger partial charge in [0.05, 0.1) is 5.03 Å². The number of thioether (sulfide) groups is 1. The van der Waals surface area contributed by atoms with E-state index in [9.17, 15) is 0 Å². The van der Waals surface area contributed by atoms with E-state index < -0.39 is 0 Å². The molecular weight excluding hydrogens is 198 g/mol. The minimum Gasteiger partial charge on any atom is -0.350 e. The molecule has 0 bridgehead atoms. The van der Waals surface area contributed by atoms with Gasteiger partial charge in [-0.15, -0.1) is 0 Å². The topological polar surface area (TPSA) is 12.0 Å². The fraction of sp³-hybridized carbons (Fsp3) is 0.400. The van der Waals surface area contributed by atoms with Crippen LogP contribution in [0.4, 0.5) is 0 Å². The van der Waals surface area contributed by atoms with Crippen LogP contribution in [0.5, 0.6) is 0 Å². The van der Waals surface area contributed by atoms with E-state index in [-0.39, 0.29) is 0 Å². The predicted octanol–water partition coefficient (Wildman–Crippen LogP) is 3.29. The highest BCUT2D eigenvalue weighted by Gasteiger charge is 2.16. The largest absolute Gasteiger partial charge is 0.350 e. The van der Waals surface area contributed by atoms with Crippen LogP contribution >= 0.6 is 24.4 Å². The molecule has 0 aliphatic carbocycles. The highest BCUT2D eigenvalue weighted by atomic mass is 32.2. The molecule has 0 saturated carbocycles. The molecule has 0 spiro atoms. The first-order chi connectivity index (χ1) is 6.31. The Labute approximate surface area is 89.8 Å². The Kier molecular flexibility index (Phi) is 4.53. The van der Waals surface area contributed by atoms with Gasteiger partial charge < -0.3 is 5.32 Å². The number of allylic oxidation sites excluding steroid dienone is 2. The Morgan fingerprint density at radius 2 is 2.23 bits per heavy atom. The van der Waals surface area contributed by atoms with E-state index in [0.717, 1.165) is 12.2 Å². The monoisotopic (exact) mass is 213 g/mol. The standard InChI is InChI=1S/C10H15NS2/c1-3-5-9-8(6-7-12)11-10(4-2)13-9/h4-6,11-12H,3,7H2,1-2H3/b8-6+,9-5+,10-4-. The number of rotatable bonds is 2. The lowest BCUT2D eigenvalue weighted by molar-refractivity contribution is 1.09. The Balaban J connectivity index is 2.83. The van der Waals surface area contributed by atoms with Crippen LogP contribution < -0.4 is 5.32 Å². The Bertz CT molecular complexity index is 240. The third kappa shape index (κ3) is 2.85. The van der Waals surface area contributed by atoms with E-state index in [4.69, 9.17) is 0 Å². The summed E-state index contributed by atoms with van der Waals surface area (Å²) in [6.07, 6.45) is 7.51. The molecule has 1 aliphatic heterocycles. The van der Waals surface area contributed by atoms with Crippen LogP contribution in [-0.4, -0.2) is 5.75 Å². The third-order valence-electron chi connectivity index (χ3n) is 1.69. The van der Waals surface area contributed by atoms with Crippen molar-refractivity contribution in [2.45, 2.75) is 20.3 Å². The maximum absolute atomic E-state index is 4.19. The summed E-state index contributed by atoms with van der Waals surface area (Å²) in [5.41, 5.74) is 1.20. The lowest BCUT2D eigenvalue weighted by atomic mass is 10.3. The van der Waals surface area contributed by atoms with E-state index in [1.807, 2.05) is 6.92 Å².